The van der Waals surface area contributed by atoms with Crippen LogP contribution in [0.25, 0.3) is 0 Å². The van der Waals surface area contributed by atoms with Crippen molar-refractivity contribution in [3.8, 4) is 0 Å². The van der Waals surface area contributed by atoms with Crippen molar-refractivity contribution < 1.29 is 8.78 Å². The zero-order valence-corrected chi connectivity index (χ0v) is 11.2. The summed E-state index contributed by atoms with van der Waals surface area (Å²) in [5.74, 6) is -1.92. The molecule has 5 heteroatoms. The van der Waals surface area contributed by atoms with E-state index in [1.807, 2.05) is 25.1 Å². The third kappa shape index (κ3) is 2.46. The van der Waals surface area contributed by atoms with E-state index in [-0.39, 0.29) is 11.4 Å². The average molecular weight is 313 g/mol. The van der Waals surface area contributed by atoms with Crippen molar-refractivity contribution in [2.45, 2.75) is 6.92 Å². The largest absolute Gasteiger partial charge is 0.397 e. The fourth-order valence-corrected chi connectivity index (χ4v) is 1.91. The molecule has 2 rings (SSSR count). The first-order valence-electron chi connectivity index (χ1n) is 5.25. The summed E-state index contributed by atoms with van der Waals surface area (Å²) in [6.45, 7) is 1.91. The summed E-state index contributed by atoms with van der Waals surface area (Å²) in [5.41, 5.74) is 7.37. The van der Waals surface area contributed by atoms with Crippen molar-refractivity contribution in [1.82, 2.24) is 0 Å². The minimum absolute atomic E-state index is 0.0544. The molecule has 2 aromatic rings. The fraction of sp³-hybridized carbons (Fsp3) is 0.0769. The van der Waals surface area contributed by atoms with Gasteiger partial charge in [-0.05, 0) is 52.7 Å². The Bertz CT molecular complexity index is 600. The SMILES string of the molecule is Cc1ccc(Br)c(Nc2c(N)ccc(F)c2F)c1. The lowest BCUT2D eigenvalue weighted by atomic mass is 10.2. The summed E-state index contributed by atoms with van der Waals surface area (Å²) >= 11 is 3.34. The lowest BCUT2D eigenvalue weighted by Crippen LogP contribution is -2.02. The summed E-state index contributed by atoms with van der Waals surface area (Å²) < 4.78 is 27.6. The van der Waals surface area contributed by atoms with E-state index in [0.717, 1.165) is 16.1 Å². The van der Waals surface area contributed by atoms with E-state index in [4.69, 9.17) is 5.73 Å². The summed E-state index contributed by atoms with van der Waals surface area (Å²) in [6, 6.07) is 7.87. The lowest BCUT2D eigenvalue weighted by molar-refractivity contribution is 0.512. The van der Waals surface area contributed by atoms with Crippen LogP contribution in [0.15, 0.2) is 34.8 Å². The Morgan fingerprint density at radius 1 is 1.17 bits per heavy atom. The van der Waals surface area contributed by atoms with Crippen LogP contribution in [0.4, 0.5) is 25.8 Å². The molecule has 0 fully saturated rings. The smallest absolute Gasteiger partial charge is 0.184 e. The second-order valence-electron chi connectivity index (χ2n) is 3.93. The molecule has 0 aliphatic carbocycles. The molecule has 0 radical (unpaired) electrons. The van der Waals surface area contributed by atoms with Crippen molar-refractivity contribution in [2.75, 3.05) is 11.1 Å². The number of rotatable bonds is 2. The maximum atomic E-state index is 13.6. The predicted molar refractivity (Wildman–Crippen MR) is 72.9 cm³/mol. The third-order valence-corrected chi connectivity index (χ3v) is 3.20. The van der Waals surface area contributed by atoms with Crippen molar-refractivity contribution >= 4 is 33.0 Å². The van der Waals surface area contributed by atoms with Crippen molar-refractivity contribution in [3.63, 3.8) is 0 Å². The zero-order valence-electron chi connectivity index (χ0n) is 9.60. The lowest BCUT2D eigenvalue weighted by Gasteiger charge is -2.13. The molecule has 0 atom stereocenters. The molecule has 2 nitrogen and oxygen atoms in total. The van der Waals surface area contributed by atoms with E-state index in [1.54, 1.807) is 0 Å². The zero-order chi connectivity index (χ0) is 13.3. The highest BCUT2D eigenvalue weighted by molar-refractivity contribution is 9.10. The van der Waals surface area contributed by atoms with Gasteiger partial charge in [0.2, 0.25) is 0 Å². The van der Waals surface area contributed by atoms with Crippen LogP contribution in [-0.2, 0) is 0 Å². The van der Waals surface area contributed by atoms with Crippen LogP contribution in [0.3, 0.4) is 0 Å². The number of benzene rings is 2. The van der Waals surface area contributed by atoms with Gasteiger partial charge in [0.1, 0.15) is 5.69 Å². The van der Waals surface area contributed by atoms with Gasteiger partial charge in [-0.15, -0.1) is 0 Å². The van der Waals surface area contributed by atoms with Crippen LogP contribution in [0.2, 0.25) is 0 Å². The second-order valence-corrected chi connectivity index (χ2v) is 4.79. The Balaban J connectivity index is 2.46. The first kappa shape index (κ1) is 12.8. The molecule has 0 bridgehead atoms. The molecule has 0 heterocycles. The van der Waals surface area contributed by atoms with Gasteiger partial charge in [-0.3, -0.25) is 0 Å². The van der Waals surface area contributed by atoms with Gasteiger partial charge in [0.05, 0.1) is 11.4 Å². The molecule has 0 saturated heterocycles. The molecule has 94 valence electrons. The minimum Gasteiger partial charge on any atom is -0.397 e. The van der Waals surface area contributed by atoms with Gasteiger partial charge >= 0.3 is 0 Å². The van der Waals surface area contributed by atoms with Gasteiger partial charge in [-0.2, -0.15) is 0 Å². The van der Waals surface area contributed by atoms with Crippen LogP contribution in [-0.4, -0.2) is 0 Å². The van der Waals surface area contributed by atoms with Crippen LogP contribution in [0.5, 0.6) is 0 Å². The number of hydrogen-bond donors (Lipinski definition) is 2. The van der Waals surface area contributed by atoms with E-state index in [0.29, 0.717) is 5.69 Å². The van der Waals surface area contributed by atoms with Crippen molar-refractivity contribution in [2.24, 2.45) is 0 Å². The van der Waals surface area contributed by atoms with Gasteiger partial charge in [0, 0.05) is 4.47 Å². The highest BCUT2D eigenvalue weighted by Gasteiger charge is 2.13. The van der Waals surface area contributed by atoms with Gasteiger partial charge < -0.3 is 11.1 Å². The highest BCUT2D eigenvalue weighted by Crippen LogP contribution is 2.32. The van der Waals surface area contributed by atoms with E-state index in [2.05, 4.69) is 21.2 Å². The van der Waals surface area contributed by atoms with Crippen molar-refractivity contribution in [3.05, 3.63) is 52.0 Å². The minimum atomic E-state index is -0.983. The number of nitrogens with two attached hydrogens (primary N) is 1. The molecule has 0 saturated carbocycles. The summed E-state index contributed by atoms with van der Waals surface area (Å²) in [7, 11) is 0. The van der Waals surface area contributed by atoms with E-state index >= 15 is 0 Å². The number of aryl methyl sites for hydroxylation is 1. The van der Waals surface area contributed by atoms with E-state index in [9.17, 15) is 8.78 Å². The molecule has 0 aromatic heterocycles. The summed E-state index contributed by atoms with van der Waals surface area (Å²) in [5, 5.41) is 2.80. The normalized spacial score (nSPS) is 10.4. The fourth-order valence-electron chi connectivity index (χ4n) is 1.56. The van der Waals surface area contributed by atoms with Crippen LogP contribution >= 0.6 is 15.9 Å². The highest BCUT2D eigenvalue weighted by atomic mass is 79.9. The number of nitrogens with one attached hydrogen (secondary N) is 1. The molecule has 0 spiro atoms. The Morgan fingerprint density at radius 2 is 1.89 bits per heavy atom. The van der Waals surface area contributed by atoms with Crippen molar-refractivity contribution in [1.29, 1.82) is 0 Å². The standard InChI is InChI=1S/C13H11BrF2N2/c1-7-2-3-8(14)11(6-7)18-13-10(17)5-4-9(15)12(13)16/h2-6,18H,17H2,1H3. The van der Waals surface area contributed by atoms with Gasteiger partial charge in [0.15, 0.2) is 11.6 Å². The van der Waals surface area contributed by atoms with Crippen LogP contribution in [0, 0.1) is 18.6 Å². The van der Waals surface area contributed by atoms with Crippen LogP contribution < -0.4 is 11.1 Å². The molecule has 0 aliphatic rings. The molecule has 0 aliphatic heterocycles. The maximum Gasteiger partial charge on any atom is 0.184 e. The second kappa shape index (κ2) is 4.94. The molecule has 2 aromatic carbocycles. The van der Waals surface area contributed by atoms with Crippen LogP contribution in [0.1, 0.15) is 5.56 Å². The van der Waals surface area contributed by atoms with Gasteiger partial charge in [-0.1, -0.05) is 6.07 Å². The first-order chi connectivity index (χ1) is 8.49. The Labute approximate surface area is 112 Å². The Morgan fingerprint density at radius 3 is 2.61 bits per heavy atom. The molecule has 18 heavy (non-hydrogen) atoms. The topological polar surface area (TPSA) is 38.0 Å². The molecule has 0 amide bonds. The molecular formula is C13H11BrF2N2. The number of anilines is 3. The molecule has 0 unspecified atom stereocenters. The van der Waals surface area contributed by atoms with Gasteiger partial charge in [-0.25, -0.2) is 8.78 Å². The summed E-state index contributed by atoms with van der Waals surface area (Å²) in [6.07, 6.45) is 0. The Kier molecular flexibility index (Phi) is 3.52. The van der Waals surface area contributed by atoms with Gasteiger partial charge in [0.25, 0.3) is 0 Å². The molecule has 3 N–H and O–H groups in total. The van der Waals surface area contributed by atoms with E-state index < -0.39 is 11.6 Å². The number of nitrogen functional groups attached to an aromatic ring is 1. The number of halogens is 3. The maximum absolute atomic E-state index is 13.6. The first-order valence-corrected chi connectivity index (χ1v) is 6.05. The monoisotopic (exact) mass is 312 g/mol. The number of hydrogen-bond acceptors (Lipinski definition) is 2. The summed E-state index contributed by atoms with van der Waals surface area (Å²) in [4.78, 5) is 0. The average Bonchev–Trinajstić information content (AvgIpc) is 2.34. The molecular weight excluding hydrogens is 302 g/mol. The third-order valence-electron chi connectivity index (χ3n) is 2.51. The predicted octanol–water partition coefficient (Wildman–Crippen LogP) is 4.36. The quantitative estimate of drug-likeness (QED) is 0.808. The Hall–Kier alpha value is -1.62. The van der Waals surface area contributed by atoms with E-state index in [1.165, 1.54) is 6.07 Å².